The number of fused-ring (bicyclic) bond motifs is 1. The van der Waals surface area contributed by atoms with Crippen molar-refractivity contribution in [2.24, 2.45) is 11.7 Å². The molecule has 0 aromatic rings. The zero-order valence-electron chi connectivity index (χ0n) is 5.25. The first-order valence-electron chi connectivity index (χ1n) is 3.37. The summed E-state index contributed by atoms with van der Waals surface area (Å²) in [6, 6.07) is 0. The number of hydrogen-bond acceptors (Lipinski definition) is 3. The zero-order valence-corrected chi connectivity index (χ0v) is 5.25. The standard InChI is InChI=1S/C6H11NO2/c7-3-4-5-6(4)9-2-1-8-5/h4-6H,1-3,7H2/t4?,5-,6+. The van der Waals surface area contributed by atoms with Gasteiger partial charge in [0.05, 0.1) is 25.4 Å². The molecule has 52 valence electrons. The van der Waals surface area contributed by atoms with Gasteiger partial charge >= 0.3 is 0 Å². The molecule has 1 aliphatic carbocycles. The van der Waals surface area contributed by atoms with Crippen LogP contribution in [-0.2, 0) is 9.47 Å². The predicted octanol–water partition coefficient (Wildman–Crippen LogP) is -0.641. The second kappa shape index (κ2) is 1.94. The van der Waals surface area contributed by atoms with Crippen molar-refractivity contribution in [2.45, 2.75) is 12.2 Å². The molecule has 0 bridgehead atoms. The lowest BCUT2D eigenvalue weighted by molar-refractivity contribution is -0.0376. The van der Waals surface area contributed by atoms with Crippen LogP contribution in [0.15, 0.2) is 0 Å². The molecule has 0 aromatic carbocycles. The average Bonchev–Trinajstić information content (AvgIpc) is 2.60. The van der Waals surface area contributed by atoms with E-state index in [9.17, 15) is 0 Å². The van der Waals surface area contributed by atoms with Gasteiger partial charge in [-0.1, -0.05) is 0 Å². The SMILES string of the molecule is NCC1[C@H]2OCCO[C@@H]12. The summed E-state index contributed by atoms with van der Waals surface area (Å²) in [4.78, 5) is 0. The van der Waals surface area contributed by atoms with Crippen LogP contribution >= 0.6 is 0 Å². The fourth-order valence-electron chi connectivity index (χ4n) is 1.39. The third-order valence-corrected chi connectivity index (χ3v) is 2.00. The summed E-state index contributed by atoms with van der Waals surface area (Å²) in [6.07, 6.45) is 0.674. The molecule has 1 saturated heterocycles. The second-order valence-electron chi connectivity index (χ2n) is 2.57. The van der Waals surface area contributed by atoms with Gasteiger partial charge in [-0.15, -0.1) is 0 Å². The Bertz CT molecular complexity index is 98.9. The Kier molecular flexibility index (Phi) is 1.22. The summed E-state index contributed by atoms with van der Waals surface area (Å²) < 4.78 is 10.7. The molecule has 3 nitrogen and oxygen atoms in total. The first kappa shape index (κ1) is 5.65. The summed E-state index contributed by atoms with van der Waals surface area (Å²) in [7, 11) is 0. The van der Waals surface area contributed by atoms with Gasteiger partial charge in [0.25, 0.3) is 0 Å². The first-order chi connectivity index (χ1) is 4.43. The van der Waals surface area contributed by atoms with Crippen LogP contribution in [0.2, 0.25) is 0 Å². The molecule has 1 aliphatic heterocycles. The lowest BCUT2D eigenvalue weighted by Crippen LogP contribution is -2.16. The highest BCUT2D eigenvalue weighted by molar-refractivity contribution is 5.02. The van der Waals surface area contributed by atoms with Crippen molar-refractivity contribution in [3.8, 4) is 0 Å². The molecule has 2 fully saturated rings. The summed E-state index contributed by atoms with van der Waals surface area (Å²) in [5.41, 5.74) is 5.43. The van der Waals surface area contributed by atoms with Crippen molar-refractivity contribution >= 4 is 0 Å². The fourth-order valence-corrected chi connectivity index (χ4v) is 1.39. The van der Waals surface area contributed by atoms with Crippen LogP contribution in [-0.4, -0.2) is 32.0 Å². The maximum atomic E-state index is 5.43. The van der Waals surface area contributed by atoms with E-state index in [1.54, 1.807) is 0 Å². The molecule has 9 heavy (non-hydrogen) atoms. The number of nitrogens with two attached hydrogens (primary N) is 1. The van der Waals surface area contributed by atoms with Gasteiger partial charge in [-0.3, -0.25) is 0 Å². The van der Waals surface area contributed by atoms with Gasteiger partial charge < -0.3 is 15.2 Å². The van der Waals surface area contributed by atoms with Gasteiger partial charge in [0, 0.05) is 12.5 Å². The minimum atomic E-state index is 0.337. The molecule has 3 atom stereocenters. The number of hydrogen-bond donors (Lipinski definition) is 1. The van der Waals surface area contributed by atoms with Crippen molar-refractivity contribution in [3.05, 3.63) is 0 Å². The third kappa shape index (κ3) is 0.764. The first-order valence-corrected chi connectivity index (χ1v) is 3.37. The minimum absolute atomic E-state index is 0.337. The highest BCUT2D eigenvalue weighted by atomic mass is 16.6. The van der Waals surface area contributed by atoms with Gasteiger partial charge in [0.1, 0.15) is 0 Å². The number of rotatable bonds is 1. The van der Waals surface area contributed by atoms with Gasteiger partial charge in [0.2, 0.25) is 0 Å². The summed E-state index contributed by atoms with van der Waals surface area (Å²) >= 11 is 0. The minimum Gasteiger partial charge on any atom is -0.373 e. The Labute approximate surface area is 54.1 Å². The third-order valence-electron chi connectivity index (χ3n) is 2.00. The molecular formula is C6H11NO2. The van der Waals surface area contributed by atoms with E-state index >= 15 is 0 Å². The molecule has 0 aromatic heterocycles. The molecule has 1 saturated carbocycles. The maximum Gasteiger partial charge on any atom is 0.0908 e. The molecule has 1 unspecified atom stereocenters. The van der Waals surface area contributed by atoms with Crippen LogP contribution < -0.4 is 5.73 Å². The van der Waals surface area contributed by atoms with Crippen molar-refractivity contribution in [1.82, 2.24) is 0 Å². The Hall–Kier alpha value is -0.120. The normalized spacial score (nSPS) is 48.3. The van der Waals surface area contributed by atoms with E-state index in [-0.39, 0.29) is 0 Å². The Morgan fingerprint density at radius 1 is 1.22 bits per heavy atom. The van der Waals surface area contributed by atoms with Crippen molar-refractivity contribution < 1.29 is 9.47 Å². The molecule has 0 spiro atoms. The Balaban J connectivity index is 1.91. The molecular weight excluding hydrogens is 118 g/mol. The smallest absolute Gasteiger partial charge is 0.0908 e. The Morgan fingerprint density at radius 2 is 1.78 bits per heavy atom. The van der Waals surface area contributed by atoms with Crippen LogP contribution in [0.1, 0.15) is 0 Å². The fraction of sp³-hybridized carbons (Fsp3) is 1.00. The zero-order chi connectivity index (χ0) is 6.27. The lowest BCUT2D eigenvalue weighted by atomic mass is 10.4. The molecule has 1 heterocycles. The van der Waals surface area contributed by atoms with E-state index in [0.717, 1.165) is 13.2 Å². The highest BCUT2D eigenvalue weighted by Gasteiger charge is 2.53. The van der Waals surface area contributed by atoms with Crippen molar-refractivity contribution in [3.63, 3.8) is 0 Å². The molecule has 2 rings (SSSR count). The van der Waals surface area contributed by atoms with Crippen LogP contribution in [0.25, 0.3) is 0 Å². The molecule has 0 radical (unpaired) electrons. The average molecular weight is 129 g/mol. The van der Waals surface area contributed by atoms with E-state index in [1.165, 1.54) is 0 Å². The molecule has 2 N–H and O–H groups in total. The summed E-state index contributed by atoms with van der Waals surface area (Å²) in [5.74, 6) is 0.493. The summed E-state index contributed by atoms with van der Waals surface area (Å²) in [5, 5.41) is 0. The molecule has 3 heteroatoms. The second-order valence-corrected chi connectivity index (χ2v) is 2.57. The largest absolute Gasteiger partial charge is 0.373 e. The van der Waals surface area contributed by atoms with Gasteiger partial charge in [-0.05, 0) is 0 Å². The number of ether oxygens (including phenoxy) is 2. The van der Waals surface area contributed by atoms with Crippen LogP contribution in [0.3, 0.4) is 0 Å². The van der Waals surface area contributed by atoms with Gasteiger partial charge in [-0.25, -0.2) is 0 Å². The van der Waals surface area contributed by atoms with Crippen LogP contribution in [0.4, 0.5) is 0 Å². The maximum absolute atomic E-state index is 5.43. The lowest BCUT2D eigenvalue weighted by Gasteiger charge is -2.09. The summed E-state index contributed by atoms with van der Waals surface area (Å²) in [6.45, 7) is 2.20. The van der Waals surface area contributed by atoms with Gasteiger partial charge in [0.15, 0.2) is 0 Å². The molecule has 0 amide bonds. The van der Waals surface area contributed by atoms with Crippen LogP contribution in [0.5, 0.6) is 0 Å². The highest BCUT2D eigenvalue weighted by Crippen LogP contribution is 2.38. The van der Waals surface area contributed by atoms with E-state index in [0.29, 0.717) is 24.7 Å². The quantitative estimate of drug-likeness (QED) is 0.512. The van der Waals surface area contributed by atoms with Crippen LogP contribution in [0, 0.1) is 5.92 Å². The Morgan fingerprint density at radius 3 is 2.22 bits per heavy atom. The van der Waals surface area contributed by atoms with E-state index in [2.05, 4.69) is 0 Å². The topological polar surface area (TPSA) is 44.5 Å². The van der Waals surface area contributed by atoms with E-state index in [4.69, 9.17) is 15.2 Å². The van der Waals surface area contributed by atoms with E-state index in [1.807, 2.05) is 0 Å². The van der Waals surface area contributed by atoms with Crippen molar-refractivity contribution in [2.75, 3.05) is 19.8 Å². The van der Waals surface area contributed by atoms with Gasteiger partial charge in [-0.2, -0.15) is 0 Å². The molecule has 2 aliphatic rings. The van der Waals surface area contributed by atoms with Crippen molar-refractivity contribution in [1.29, 1.82) is 0 Å². The van der Waals surface area contributed by atoms with E-state index < -0.39 is 0 Å². The monoisotopic (exact) mass is 129 g/mol. The predicted molar refractivity (Wildman–Crippen MR) is 32.0 cm³/mol.